The Morgan fingerprint density at radius 3 is 2.90 bits per heavy atom. The number of allylic oxidation sites excluding steroid dienone is 2. The van der Waals surface area contributed by atoms with Crippen molar-refractivity contribution in [3.8, 4) is 5.75 Å². The van der Waals surface area contributed by atoms with Crippen molar-refractivity contribution >= 4 is 5.97 Å². The lowest BCUT2D eigenvalue weighted by atomic mass is 10.2. The Hall–Kier alpha value is -2.37. The van der Waals surface area contributed by atoms with Gasteiger partial charge in [0.15, 0.2) is 0 Å². The number of hydrogen-bond acceptors (Lipinski definition) is 5. The van der Waals surface area contributed by atoms with Crippen LogP contribution in [0.5, 0.6) is 5.75 Å². The smallest absolute Gasteiger partial charge is 0.311 e. The lowest BCUT2D eigenvalue weighted by molar-refractivity contribution is -0.763. The molecule has 0 fully saturated rings. The molecule has 1 aromatic carbocycles. The molecular formula is C15H19NO5. The standard InChI is InChI=1S/C15H19NO5/c1-2-3-4-5-6-10-15(17)21-14-9-7-8-13(11-14)12-20-16(18)19/h3-4,7-9,11H,2,5-6,10,12H2,1H3/b4-3-. The predicted octanol–water partition coefficient (Wildman–Crippen LogP) is 3.44. The molecule has 0 radical (unpaired) electrons. The molecule has 0 N–H and O–H groups in total. The average Bonchev–Trinajstić information content (AvgIpc) is 2.45. The van der Waals surface area contributed by atoms with Gasteiger partial charge in [-0.2, -0.15) is 0 Å². The Balaban J connectivity index is 2.39. The molecule has 21 heavy (non-hydrogen) atoms. The van der Waals surface area contributed by atoms with Crippen LogP contribution in [0.3, 0.4) is 0 Å². The fourth-order valence-electron chi connectivity index (χ4n) is 1.66. The van der Waals surface area contributed by atoms with Crippen LogP contribution in [0.25, 0.3) is 0 Å². The summed E-state index contributed by atoms with van der Waals surface area (Å²) in [5, 5.41) is 9.26. The topological polar surface area (TPSA) is 78.7 Å². The van der Waals surface area contributed by atoms with Crippen LogP contribution in [0, 0.1) is 10.1 Å². The summed E-state index contributed by atoms with van der Waals surface area (Å²) in [5.41, 5.74) is 0.572. The largest absolute Gasteiger partial charge is 0.427 e. The SMILES string of the molecule is CC/C=C\CCCC(=O)Oc1cccc(CO[N+](=O)[O-])c1. The van der Waals surface area contributed by atoms with E-state index in [1.54, 1.807) is 24.3 Å². The van der Waals surface area contributed by atoms with Gasteiger partial charge >= 0.3 is 5.97 Å². The summed E-state index contributed by atoms with van der Waals surface area (Å²) in [7, 11) is 0. The first-order valence-electron chi connectivity index (χ1n) is 6.83. The maximum Gasteiger partial charge on any atom is 0.311 e. The van der Waals surface area contributed by atoms with Gasteiger partial charge in [0.1, 0.15) is 12.4 Å². The van der Waals surface area contributed by atoms with E-state index in [9.17, 15) is 14.9 Å². The van der Waals surface area contributed by atoms with Gasteiger partial charge in [-0.15, -0.1) is 10.1 Å². The lowest BCUT2D eigenvalue weighted by Crippen LogP contribution is -2.08. The molecule has 0 unspecified atom stereocenters. The number of rotatable bonds is 9. The van der Waals surface area contributed by atoms with Crippen molar-refractivity contribution in [3.05, 3.63) is 52.1 Å². The Morgan fingerprint density at radius 2 is 2.19 bits per heavy atom. The summed E-state index contributed by atoms with van der Waals surface area (Å²) in [5.74, 6) is 0.0563. The molecule has 0 saturated heterocycles. The summed E-state index contributed by atoms with van der Waals surface area (Å²) < 4.78 is 5.18. The molecular weight excluding hydrogens is 274 g/mol. The van der Waals surface area contributed by atoms with Gasteiger partial charge in [-0.1, -0.05) is 31.2 Å². The first-order valence-corrected chi connectivity index (χ1v) is 6.83. The second-order valence-electron chi connectivity index (χ2n) is 4.39. The number of carbonyl (C=O) groups is 1. The summed E-state index contributed by atoms with van der Waals surface area (Å²) in [4.78, 5) is 26.0. The van der Waals surface area contributed by atoms with Gasteiger partial charge in [-0.25, -0.2) is 0 Å². The lowest BCUT2D eigenvalue weighted by Gasteiger charge is -2.06. The second kappa shape index (κ2) is 9.52. The molecule has 6 heteroatoms. The molecule has 1 rings (SSSR count). The number of benzene rings is 1. The third-order valence-corrected chi connectivity index (χ3v) is 2.62. The molecule has 0 heterocycles. The monoisotopic (exact) mass is 293 g/mol. The molecule has 0 aliphatic carbocycles. The molecule has 0 aliphatic heterocycles. The number of nitrogens with zero attached hydrogens (tertiary/aromatic N) is 1. The van der Waals surface area contributed by atoms with Crippen LogP contribution in [0.4, 0.5) is 0 Å². The zero-order valence-corrected chi connectivity index (χ0v) is 12.0. The van der Waals surface area contributed by atoms with Crippen LogP contribution in [-0.4, -0.2) is 11.1 Å². The minimum absolute atomic E-state index is 0.166. The van der Waals surface area contributed by atoms with Gasteiger partial charge in [0.05, 0.1) is 0 Å². The van der Waals surface area contributed by atoms with E-state index < -0.39 is 5.09 Å². The van der Waals surface area contributed by atoms with Crippen molar-refractivity contribution in [3.63, 3.8) is 0 Å². The normalized spacial score (nSPS) is 10.5. The number of unbranched alkanes of at least 4 members (excludes halogenated alkanes) is 1. The maximum atomic E-state index is 11.6. The predicted molar refractivity (Wildman–Crippen MR) is 77.1 cm³/mol. The molecule has 0 aliphatic rings. The highest BCUT2D eigenvalue weighted by atomic mass is 16.9. The molecule has 0 spiro atoms. The quantitative estimate of drug-likeness (QED) is 0.174. The highest BCUT2D eigenvalue weighted by molar-refractivity contribution is 5.72. The van der Waals surface area contributed by atoms with Crippen LogP contribution in [0.15, 0.2) is 36.4 Å². The molecule has 0 atom stereocenters. The minimum Gasteiger partial charge on any atom is -0.427 e. The van der Waals surface area contributed by atoms with E-state index in [1.807, 2.05) is 6.08 Å². The van der Waals surface area contributed by atoms with Crippen LogP contribution in [-0.2, 0) is 16.2 Å². The molecule has 0 aromatic heterocycles. The van der Waals surface area contributed by atoms with Gasteiger partial charge in [-0.3, -0.25) is 4.79 Å². The van der Waals surface area contributed by atoms with Crippen molar-refractivity contribution in [1.29, 1.82) is 0 Å². The second-order valence-corrected chi connectivity index (χ2v) is 4.39. The Morgan fingerprint density at radius 1 is 1.38 bits per heavy atom. The van der Waals surface area contributed by atoms with E-state index >= 15 is 0 Å². The van der Waals surface area contributed by atoms with Crippen LogP contribution in [0.2, 0.25) is 0 Å². The Kier molecular flexibility index (Phi) is 7.56. The molecule has 0 amide bonds. The van der Waals surface area contributed by atoms with Gasteiger partial charge in [0.25, 0.3) is 5.09 Å². The minimum atomic E-state index is -0.859. The summed E-state index contributed by atoms with van der Waals surface area (Å²) in [6.07, 6.45) is 7.01. The zero-order valence-electron chi connectivity index (χ0n) is 12.0. The van der Waals surface area contributed by atoms with Crippen molar-refractivity contribution in [2.24, 2.45) is 0 Å². The van der Waals surface area contributed by atoms with E-state index in [-0.39, 0.29) is 12.6 Å². The first-order chi connectivity index (χ1) is 10.1. The van der Waals surface area contributed by atoms with Crippen molar-refractivity contribution in [2.45, 2.75) is 39.2 Å². The maximum absolute atomic E-state index is 11.6. The molecule has 0 saturated carbocycles. The van der Waals surface area contributed by atoms with Crippen molar-refractivity contribution < 1.29 is 19.5 Å². The Bertz CT molecular complexity index is 499. The molecule has 114 valence electrons. The third-order valence-electron chi connectivity index (χ3n) is 2.62. The van der Waals surface area contributed by atoms with Gasteiger partial charge in [0.2, 0.25) is 0 Å². The van der Waals surface area contributed by atoms with E-state index in [1.165, 1.54) is 0 Å². The molecule has 1 aromatic rings. The number of esters is 1. The summed E-state index contributed by atoms with van der Waals surface area (Å²) in [6, 6.07) is 6.50. The molecule has 0 bridgehead atoms. The third kappa shape index (κ3) is 7.71. The van der Waals surface area contributed by atoms with E-state index in [0.717, 1.165) is 19.3 Å². The van der Waals surface area contributed by atoms with Crippen LogP contribution in [0.1, 0.15) is 38.2 Å². The van der Waals surface area contributed by atoms with E-state index in [2.05, 4.69) is 17.8 Å². The fourth-order valence-corrected chi connectivity index (χ4v) is 1.66. The van der Waals surface area contributed by atoms with Crippen LogP contribution < -0.4 is 4.74 Å². The summed E-state index contributed by atoms with van der Waals surface area (Å²) >= 11 is 0. The fraction of sp³-hybridized carbons (Fsp3) is 0.400. The Labute approximate surface area is 123 Å². The van der Waals surface area contributed by atoms with E-state index in [4.69, 9.17) is 4.74 Å². The van der Waals surface area contributed by atoms with Crippen molar-refractivity contribution in [2.75, 3.05) is 0 Å². The number of ether oxygens (including phenoxy) is 1. The van der Waals surface area contributed by atoms with Gasteiger partial charge < -0.3 is 9.57 Å². The highest BCUT2D eigenvalue weighted by Gasteiger charge is 2.05. The first kappa shape index (κ1) is 16.7. The number of carbonyl (C=O) groups excluding carboxylic acids is 1. The van der Waals surface area contributed by atoms with Crippen LogP contribution >= 0.6 is 0 Å². The van der Waals surface area contributed by atoms with Gasteiger partial charge in [0, 0.05) is 6.42 Å². The van der Waals surface area contributed by atoms with Crippen molar-refractivity contribution in [1.82, 2.24) is 0 Å². The average molecular weight is 293 g/mol. The van der Waals surface area contributed by atoms with E-state index in [0.29, 0.717) is 17.7 Å². The number of hydrogen-bond donors (Lipinski definition) is 0. The zero-order chi connectivity index (χ0) is 15.5. The summed E-state index contributed by atoms with van der Waals surface area (Å²) in [6.45, 7) is 1.89. The highest BCUT2D eigenvalue weighted by Crippen LogP contribution is 2.15. The molecule has 6 nitrogen and oxygen atoms in total. The van der Waals surface area contributed by atoms with Gasteiger partial charge in [-0.05, 0) is 37.0 Å².